The molecule has 1 aliphatic rings. The van der Waals surface area contributed by atoms with Crippen molar-refractivity contribution >= 4 is 11.8 Å². The predicted octanol–water partition coefficient (Wildman–Crippen LogP) is 1.93. The van der Waals surface area contributed by atoms with Crippen molar-refractivity contribution in [2.45, 2.75) is 20.4 Å². The minimum Gasteiger partial charge on any atom is -0.364 e. The molecule has 6 heteroatoms. The van der Waals surface area contributed by atoms with Gasteiger partial charge in [-0.2, -0.15) is 4.98 Å². The summed E-state index contributed by atoms with van der Waals surface area (Å²) in [4.78, 5) is 18.3. The van der Waals surface area contributed by atoms with E-state index in [1.165, 1.54) is 0 Å². The molecule has 2 aromatic heterocycles. The van der Waals surface area contributed by atoms with Gasteiger partial charge >= 0.3 is 0 Å². The Hall–Kier alpha value is -2.21. The van der Waals surface area contributed by atoms with Gasteiger partial charge in [-0.1, -0.05) is 13.0 Å². The highest BCUT2D eigenvalue weighted by Crippen LogP contribution is 2.16. The van der Waals surface area contributed by atoms with Crippen LogP contribution in [-0.4, -0.2) is 52.6 Å². The molecule has 122 valence electrons. The van der Waals surface area contributed by atoms with Crippen LogP contribution in [0.5, 0.6) is 0 Å². The molecule has 0 atom stereocenters. The fourth-order valence-corrected chi connectivity index (χ4v) is 2.73. The molecule has 0 aromatic carbocycles. The lowest BCUT2D eigenvalue weighted by molar-refractivity contribution is 0.270. The summed E-state index contributed by atoms with van der Waals surface area (Å²) < 4.78 is 0. The molecule has 0 amide bonds. The van der Waals surface area contributed by atoms with Crippen LogP contribution in [0.1, 0.15) is 18.3 Å². The van der Waals surface area contributed by atoms with E-state index >= 15 is 0 Å². The van der Waals surface area contributed by atoms with E-state index in [4.69, 9.17) is 0 Å². The molecule has 3 heterocycles. The zero-order chi connectivity index (χ0) is 16.1. The average molecular weight is 312 g/mol. The summed E-state index contributed by atoms with van der Waals surface area (Å²) in [5, 5.41) is 3.35. The second kappa shape index (κ2) is 7.37. The van der Waals surface area contributed by atoms with Crippen molar-refractivity contribution in [2.75, 3.05) is 42.9 Å². The number of hydrogen-bond donors (Lipinski definition) is 1. The van der Waals surface area contributed by atoms with Gasteiger partial charge in [0.1, 0.15) is 5.82 Å². The van der Waals surface area contributed by atoms with Crippen LogP contribution in [0.3, 0.4) is 0 Å². The maximum absolute atomic E-state index is 4.68. The molecule has 1 fully saturated rings. The number of nitrogens with one attached hydrogen (secondary N) is 1. The van der Waals surface area contributed by atoms with Gasteiger partial charge in [0.15, 0.2) is 0 Å². The molecule has 1 N–H and O–H groups in total. The maximum atomic E-state index is 4.68. The summed E-state index contributed by atoms with van der Waals surface area (Å²) in [7, 11) is 0. The zero-order valence-corrected chi connectivity index (χ0v) is 13.9. The second-order valence-electron chi connectivity index (χ2n) is 5.79. The van der Waals surface area contributed by atoms with Gasteiger partial charge in [-0.05, 0) is 25.6 Å². The summed E-state index contributed by atoms with van der Waals surface area (Å²) in [6.45, 7) is 10.1. The van der Waals surface area contributed by atoms with Crippen LogP contribution in [0.4, 0.5) is 11.8 Å². The van der Waals surface area contributed by atoms with Gasteiger partial charge in [0.05, 0.1) is 12.2 Å². The Balaban J connectivity index is 1.67. The first-order chi connectivity index (χ1) is 11.2. The average Bonchev–Trinajstić information content (AvgIpc) is 2.60. The standard InChI is InChI=1S/C17H24N6/c1-3-22-8-10-23(11-9-22)17-20-14(2)12-16(21-17)19-13-15-6-4-5-7-18-15/h4-7,12H,3,8-11,13H2,1-2H3,(H,19,20,21). The number of aromatic nitrogens is 3. The molecule has 1 saturated heterocycles. The number of anilines is 2. The lowest BCUT2D eigenvalue weighted by Crippen LogP contribution is -2.46. The van der Waals surface area contributed by atoms with E-state index in [0.29, 0.717) is 6.54 Å². The van der Waals surface area contributed by atoms with E-state index in [1.54, 1.807) is 6.20 Å². The number of hydrogen-bond acceptors (Lipinski definition) is 6. The first-order valence-corrected chi connectivity index (χ1v) is 8.21. The first-order valence-electron chi connectivity index (χ1n) is 8.21. The van der Waals surface area contributed by atoms with Crippen molar-refractivity contribution in [3.05, 3.63) is 41.9 Å². The van der Waals surface area contributed by atoms with Gasteiger partial charge in [0.25, 0.3) is 0 Å². The molecule has 0 spiro atoms. The third-order valence-corrected chi connectivity index (χ3v) is 4.12. The Labute approximate surface area is 137 Å². The third kappa shape index (κ3) is 4.16. The van der Waals surface area contributed by atoms with Crippen LogP contribution in [0.25, 0.3) is 0 Å². The summed E-state index contributed by atoms with van der Waals surface area (Å²) in [5.74, 6) is 1.68. The van der Waals surface area contributed by atoms with Gasteiger partial charge < -0.3 is 15.1 Å². The van der Waals surface area contributed by atoms with Crippen molar-refractivity contribution < 1.29 is 0 Å². The summed E-state index contributed by atoms with van der Waals surface area (Å²) in [6.07, 6.45) is 1.81. The molecule has 0 saturated carbocycles. The highest BCUT2D eigenvalue weighted by atomic mass is 15.3. The van der Waals surface area contributed by atoms with Crippen LogP contribution in [-0.2, 0) is 6.54 Å². The van der Waals surface area contributed by atoms with E-state index in [-0.39, 0.29) is 0 Å². The lowest BCUT2D eigenvalue weighted by Gasteiger charge is -2.34. The summed E-state index contributed by atoms with van der Waals surface area (Å²) >= 11 is 0. The van der Waals surface area contributed by atoms with Crippen molar-refractivity contribution in [3.8, 4) is 0 Å². The smallest absolute Gasteiger partial charge is 0.227 e. The van der Waals surface area contributed by atoms with E-state index in [2.05, 4.69) is 37.0 Å². The maximum Gasteiger partial charge on any atom is 0.227 e. The number of aryl methyl sites for hydroxylation is 1. The van der Waals surface area contributed by atoms with E-state index in [0.717, 1.165) is 55.9 Å². The van der Waals surface area contributed by atoms with Crippen LogP contribution in [0.2, 0.25) is 0 Å². The highest BCUT2D eigenvalue weighted by Gasteiger charge is 2.18. The van der Waals surface area contributed by atoms with Crippen LogP contribution >= 0.6 is 0 Å². The molecule has 0 aliphatic carbocycles. The predicted molar refractivity (Wildman–Crippen MR) is 92.7 cm³/mol. The van der Waals surface area contributed by atoms with E-state index in [9.17, 15) is 0 Å². The van der Waals surface area contributed by atoms with Gasteiger partial charge in [0.2, 0.25) is 5.95 Å². The van der Waals surface area contributed by atoms with E-state index in [1.807, 2.05) is 31.2 Å². The molecular formula is C17H24N6. The first kappa shape index (κ1) is 15.7. The van der Waals surface area contributed by atoms with Crippen LogP contribution in [0, 0.1) is 6.92 Å². The monoisotopic (exact) mass is 312 g/mol. The number of nitrogens with zero attached hydrogens (tertiary/aromatic N) is 5. The largest absolute Gasteiger partial charge is 0.364 e. The molecule has 0 bridgehead atoms. The summed E-state index contributed by atoms with van der Waals surface area (Å²) in [6, 6.07) is 7.90. The number of likely N-dealkylation sites (N-methyl/N-ethyl adjacent to an activating group) is 1. The van der Waals surface area contributed by atoms with Crippen molar-refractivity contribution in [1.82, 2.24) is 19.9 Å². The van der Waals surface area contributed by atoms with Crippen LogP contribution < -0.4 is 10.2 Å². The fraction of sp³-hybridized carbons (Fsp3) is 0.471. The van der Waals surface area contributed by atoms with Gasteiger partial charge in [-0.3, -0.25) is 4.98 Å². The Morgan fingerprint density at radius 1 is 1.13 bits per heavy atom. The molecule has 3 rings (SSSR count). The third-order valence-electron chi connectivity index (χ3n) is 4.12. The molecular weight excluding hydrogens is 288 g/mol. The number of pyridine rings is 1. The normalized spacial score (nSPS) is 15.7. The van der Waals surface area contributed by atoms with Gasteiger partial charge in [-0.25, -0.2) is 4.98 Å². The molecule has 0 radical (unpaired) electrons. The SMILES string of the molecule is CCN1CCN(c2nc(C)cc(NCc3ccccn3)n2)CC1. The quantitative estimate of drug-likeness (QED) is 0.910. The highest BCUT2D eigenvalue weighted by molar-refractivity contribution is 5.44. The van der Waals surface area contributed by atoms with Crippen LogP contribution in [0.15, 0.2) is 30.5 Å². The molecule has 2 aromatic rings. The van der Waals surface area contributed by atoms with Gasteiger partial charge in [0, 0.05) is 44.1 Å². The number of rotatable bonds is 5. The Morgan fingerprint density at radius 2 is 1.96 bits per heavy atom. The Bertz CT molecular complexity index is 622. The molecule has 0 unspecified atom stereocenters. The Morgan fingerprint density at radius 3 is 2.65 bits per heavy atom. The topological polar surface area (TPSA) is 57.2 Å². The minimum absolute atomic E-state index is 0.667. The van der Waals surface area contributed by atoms with E-state index < -0.39 is 0 Å². The fourth-order valence-electron chi connectivity index (χ4n) is 2.73. The Kier molecular flexibility index (Phi) is 5.02. The minimum atomic E-state index is 0.667. The number of piperazine rings is 1. The lowest BCUT2D eigenvalue weighted by atomic mass is 10.3. The molecule has 23 heavy (non-hydrogen) atoms. The van der Waals surface area contributed by atoms with Crippen molar-refractivity contribution in [1.29, 1.82) is 0 Å². The molecule has 6 nitrogen and oxygen atoms in total. The molecule has 1 aliphatic heterocycles. The van der Waals surface area contributed by atoms with Crippen molar-refractivity contribution in [2.24, 2.45) is 0 Å². The van der Waals surface area contributed by atoms with Crippen molar-refractivity contribution in [3.63, 3.8) is 0 Å². The summed E-state index contributed by atoms with van der Waals surface area (Å²) in [5.41, 5.74) is 1.98. The second-order valence-corrected chi connectivity index (χ2v) is 5.79. The zero-order valence-electron chi connectivity index (χ0n) is 13.9. The van der Waals surface area contributed by atoms with Gasteiger partial charge in [-0.15, -0.1) is 0 Å².